The van der Waals surface area contributed by atoms with Gasteiger partial charge in [0, 0.05) is 17.7 Å². The lowest BCUT2D eigenvalue weighted by atomic mass is 10.0. The van der Waals surface area contributed by atoms with Crippen LogP contribution in [0, 0.1) is 10.1 Å². The van der Waals surface area contributed by atoms with Crippen molar-refractivity contribution in [2.24, 2.45) is 5.73 Å². The summed E-state index contributed by atoms with van der Waals surface area (Å²) < 4.78 is 0. The number of hydrogen-bond donors (Lipinski definition) is 1. The minimum Gasteiger partial charge on any atom is -0.324 e. The van der Waals surface area contributed by atoms with Gasteiger partial charge in [-0.15, -0.1) is 0 Å². The van der Waals surface area contributed by atoms with Gasteiger partial charge in [-0.3, -0.25) is 10.1 Å². The van der Waals surface area contributed by atoms with E-state index in [0.717, 1.165) is 0 Å². The third-order valence-corrected chi connectivity index (χ3v) is 1.97. The minimum atomic E-state index is -0.398. The van der Waals surface area contributed by atoms with Crippen LogP contribution in [0.2, 0.25) is 0 Å². The smallest absolute Gasteiger partial charge is 0.274 e. The number of benzene rings is 1. The molecule has 2 N–H and O–H groups in total. The molecule has 0 aromatic heterocycles. The van der Waals surface area contributed by atoms with E-state index in [9.17, 15) is 10.1 Å². The average Bonchev–Trinajstić information content (AvgIpc) is 2.16. The predicted octanol–water partition coefficient (Wildman–Crippen LogP) is 2.00. The van der Waals surface area contributed by atoms with E-state index >= 15 is 0 Å². The van der Waals surface area contributed by atoms with Crippen molar-refractivity contribution in [3.8, 4) is 0 Å². The third kappa shape index (κ3) is 2.03. The van der Waals surface area contributed by atoms with E-state index in [1.807, 2.05) is 6.92 Å². The van der Waals surface area contributed by atoms with Gasteiger partial charge in [0.25, 0.3) is 5.69 Å². The number of nitrogens with two attached hydrogens (primary N) is 1. The Hall–Kier alpha value is -1.42. The molecule has 1 rings (SSSR count). The van der Waals surface area contributed by atoms with E-state index in [0.29, 0.717) is 12.0 Å². The van der Waals surface area contributed by atoms with Crippen molar-refractivity contribution in [3.05, 3.63) is 39.9 Å². The SMILES string of the molecule is CC[C@@H](N)c1ccccc1[N+](=O)[O-]. The van der Waals surface area contributed by atoms with Crippen molar-refractivity contribution >= 4 is 5.69 Å². The number of nitrogens with zero attached hydrogens (tertiary/aromatic N) is 1. The van der Waals surface area contributed by atoms with Crippen LogP contribution in [0.5, 0.6) is 0 Å². The van der Waals surface area contributed by atoms with Crippen LogP contribution in [0.15, 0.2) is 24.3 Å². The molecule has 4 heteroatoms. The molecular formula is C9H12N2O2. The number of hydrogen-bond acceptors (Lipinski definition) is 3. The van der Waals surface area contributed by atoms with Crippen molar-refractivity contribution in [2.75, 3.05) is 0 Å². The summed E-state index contributed by atoms with van der Waals surface area (Å²) in [6.07, 6.45) is 0.699. The van der Waals surface area contributed by atoms with Gasteiger partial charge >= 0.3 is 0 Å². The first-order chi connectivity index (χ1) is 6.16. The van der Waals surface area contributed by atoms with Gasteiger partial charge < -0.3 is 5.73 Å². The summed E-state index contributed by atoms with van der Waals surface area (Å²) in [5.41, 5.74) is 6.44. The molecule has 4 nitrogen and oxygen atoms in total. The second-order valence-corrected chi connectivity index (χ2v) is 2.83. The van der Waals surface area contributed by atoms with E-state index in [2.05, 4.69) is 0 Å². The van der Waals surface area contributed by atoms with E-state index in [4.69, 9.17) is 5.73 Å². The molecule has 0 saturated carbocycles. The Morgan fingerprint density at radius 3 is 2.69 bits per heavy atom. The highest BCUT2D eigenvalue weighted by molar-refractivity contribution is 5.41. The highest BCUT2D eigenvalue weighted by Gasteiger charge is 2.16. The van der Waals surface area contributed by atoms with Crippen molar-refractivity contribution in [3.63, 3.8) is 0 Å². The van der Waals surface area contributed by atoms with Gasteiger partial charge in [0.05, 0.1) is 4.92 Å². The number of nitro groups is 1. The Morgan fingerprint density at radius 1 is 1.54 bits per heavy atom. The fourth-order valence-corrected chi connectivity index (χ4v) is 1.19. The molecule has 0 saturated heterocycles. The Labute approximate surface area is 76.5 Å². The molecule has 0 heterocycles. The zero-order valence-corrected chi connectivity index (χ0v) is 7.43. The summed E-state index contributed by atoms with van der Waals surface area (Å²) in [6, 6.07) is 6.33. The molecule has 0 unspecified atom stereocenters. The quantitative estimate of drug-likeness (QED) is 0.571. The predicted molar refractivity (Wildman–Crippen MR) is 50.3 cm³/mol. The van der Waals surface area contributed by atoms with Gasteiger partial charge in [-0.2, -0.15) is 0 Å². The van der Waals surface area contributed by atoms with Crippen LogP contribution in [0.25, 0.3) is 0 Å². The van der Waals surface area contributed by atoms with E-state index in [-0.39, 0.29) is 11.7 Å². The zero-order chi connectivity index (χ0) is 9.84. The molecule has 0 aliphatic carbocycles. The molecule has 0 bridgehead atoms. The maximum atomic E-state index is 10.6. The molecule has 1 atom stereocenters. The van der Waals surface area contributed by atoms with Gasteiger partial charge in [0.1, 0.15) is 0 Å². The van der Waals surface area contributed by atoms with Crippen molar-refractivity contribution in [1.29, 1.82) is 0 Å². The first-order valence-corrected chi connectivity index (χ1v) is 4.15. The van der Waals surface area contributed by atoms with Gasteiger partial charge in [-0.05, 0) is 6.42 Å². The first-order valence-electron chi connectivity index (χ1n) is 4.15. The molecule has 70 valence electrons. The third-order valence-electron chi connectivity index (χ3n) is 1.97. The summed E-state index contributed by atoms with van der Waals surface area (Å²) >= 11 is 0. The van der Waals surface area contributed by atoms with Crippen LogP contribution in [0.1, 0.15) is 24.9 Å². The zero-order valence-electron chi connectivity index (χ0n) is 7.43. The molecule has 1 aromatic rings. The van der Waals surface area contributed by atoms with E-state index in [1.54, 1.807) is 18.2 Å². The second-order valence-electron chi connectivity index (χ2n) is 2.83. The fraction of sp³-hybridized carbons (Fsp3) is 0.333. The summed E-state index contributed by atoms with van der Waals surface area (Å²) in [5.74, 6) is 0. The highest BCUT2D eigenvalue weighted by Crippen LogP contribution is 2.24. The summed E-state index contributed by atoms with van der Waals surface area (Å²) in [4.78, 5) is 10.2. The average molecular weight is 180 g/mol. The van der Waals surface area contributed by atoms with Gasteiger partial charge in [-0.25, -0.2) is 0 Å². The van der Waals surface area contributed by atoms with Gasteiger partial charge in [0.15, 0.2) is 0 Å². The van der Waals surface area contributed by atoms with Gasteiger partial charge in [-0.1, -0.05) is 25.1 Å². The van der Waals surface area contributed by atoms with Crippen molar-refractivity contribution in [1.82, 2.24) is 0 Å². The molecule has 0 fully saturated rings. The van der Waals surface area contributed by atoms with Crippen LogP contribution < -0.4 is 5.73 Å². The summed E-state index contributed by atoms with van der Waals surface area (Å²) in [7, 11) is 0. The van der Waals surface area contributed by atoms with Crippen molar-refractivity contribution < 1.29 is 4.92 Å². The lowest BCUT2D eigenvalue weighted by Gasteiger charge is -2.08. The highest BCUT2D eigenvalue weighted by atomic mass is 16.6. The van der Waals surface area contributed by atoms with Crippen LogP contribution in [0.3, 0.4) is 0 Å². The van der Waals surface area contributed by atoms with E-state index < -0.39 is 4.92 Å². The normalized spacial score (nSPS) is 12.5. The topological polar surface area (TPSA) is 69.2 Å². The van der Waals surface area contributed by atoms with Crippen LogP contribution in [0.4, 0.5) is 5.69 Å². The molecule has 0 amide bonds. The van der Waals surface area contributed by atoms with E-state index in [1.165, 1.54) is 6.07 Å². The van der Waals surface area contributed by atoms with Gasteiger partial charge in [0.2, 0.25) is 0 Å². The monoisotopic (exact) mass is 180 g/mol. The standard InChI is InChI=1S/C9H12N2O2/c1-2-8(10)7-5-3-4-6-9(7)11(12)13/h3-6,8H,2,10H2,1H3/t8-/m1/s1. The molecule has 0 aliphatic rings. The van der Waals surface area contributed by atoms with Crippen LogP contribution in [-0.4, -0.2) is 4.92 Å². The molecule has 0 aliphatic heterocycles. The number of nitro benzene ring substituents is 1. The Kier molecular flexibility index (Phi) is 2.97. The molecule has 0 spiro atoms. The summed E-state index contributed by atoms with van der Waals surface area (Å²) in [6.45, 7) is 1.90. The molecule has 1 aromatic carbocycles. The Balaban J connectivity index is 3.11. The second kappa shape index (κ2) is 4.00. The van der Waals surface area contributed by atoms with Crippen LogP contribution >= 0.6 is 0 Å². The maximum absolute atomic E-state index is 10.6. The number of rotatable bonds is 3. The molecular weight excluding hydrogens is 168 g/mol. The van der Waals surface area contributed by atoms with Crippen LogP contribution in [-0.2, 0) is 0 Å². The first kappa shape index (κ1) is 9.67. The lowest BCUT2D eigenvalue weighted by molar-refractivity contribution is -0.385. The molecule has 13 heavy (non-hydrogen) atoms. The van der Waals surface area contributed by atoms with Crippen molar-refractivity contribution in [2.45, 2.75) is 19.4 Å². The summed E-state index contributed by atoms with van der Waals surface area (Å²) in [5, 5.41) is 10.6. The largest absolute Gasteiger partial charge is 0.324 e. The Bertz CT molecular complexity index is 312. The lowest BCUT2D eigenvalue weighted by Crippen LogP contribution is -2.10. The fourth-order valence-electron chi connectivity index (χ4n) is 1.19. The maximum Gasteiger partial charge on any atom is 0.274 e. The minimum absolute atomic E-state index is 0.108. The molecule has 0 radical (unpaired) electrons. The Morgan fingerprint density at radius 2 is 2.15 bits per heavy atom. The number of para-hydroxylation sites is 1.